The number of hydrogen-bond donors (Lipinski definition) is 0. The Bertz CT molecular complexity index is 370. The van der Waals surface area contributed by atoms with Gasteiger partial charge in [-0.25, -0.2) is 0 Å². The minimum Gasteiger partial charge on any atom is -0.144 e. The quantitative estimate of drug-likeness (QED) is 0.354. The molecule has 0 aromatic rings. The van der Waals surface area contributed by atoms with Crippen molar-refractivity contribution in [3.63, 3.8) is 0 Å². The van der Waals surface area contributed by atoms with Gasteiger partial charge in [0.1, 0.15) is 0 Å². The maximum absolute atomic E-state index is 2.47. The summed E-state index contributed by atoms with van der Waals surface area (Å²) in [5, 5.41) is 0. The van der Waals surface area contributed by atoms with Crippen molar-refractivity contribution in [3.05, 3.63) is 12.2 Å². The van der Waals surface area contributed by atoms with E-state index in [0.29, 0.717) is 8.16 Å². The van der Waals surface area contributed by atoms with E-state index in [9.17, 15) is 0 Å². The molecule has 2 saturated heterocycles. The van der Waals surface area contributed by atoms with E-state index in [-0.39, 0.29) is 0 Å². The lowest BCUT2D eigenvalue weighted by atomic mass is 10.0. The van der Waals surface area contributed by atoms with Gasteiger partial charge < -0.3 is 0 Å². The molecule has 0 bridgehead atoms. The Labute approximate surface area is 179 Å². The van der Waals surface area contributed by atoms with E-state index in [4.69, 9.17) is 0 Å². The van der Waals surface area contributed by atoms with E-state index >= 15 is 0 Å². The number of rotatable bonds is 0. The predicted molar refractivity (Wildman–Crippen MR) is 129 cm³/mol. The molecule has 150 valence electrons. The third-order valence-electron chi connectivity index (χ3n) is 5.93. The zero-order chi connectivity index (χ0) is 18.0. The first kappa shape index (κ1) is 21.8. The van der Waals surface area contributed by atoms with Crippen LogP contribution in [-0.4, -0.2) is 31.2 Å². The molecule has 0 aromatic carbocycles. The van der Waals surface area contributed by atoms with E-state index < -0.39 is 0 Å². The van der Waals surface area contributed by atoms with Crippen LogP contribution in [0.3, 0.4) is 0 Å². The summed E-state index contributed by atoms with van der Waals surface area (Å²) in [7, 11) is 0. The second kappa shape index (κ2) is 12.0. The fraction of sp³-hybridized carbons (Fsp3) is 0.909. The molecule has 0 amide bonds. The molecular weight excluding hydrogens is 393 g/mol. The summed E-state index contributed by atoms with van der Waals surface area (Å²) < 4.78 is 1.14. The van der Waals surface area contributed by atoms with Gasteiger partial charge in [-0.05, 0) is 87.2 Å². The Morgan fingerprint density at radius 2 is 0.769 bits per heavy atom. The highest BCUT2D eigenvalue weighted by atomic mass is 32.2. The third-order valence-corrected chi connectivity index (χ3v) is 13.0. The second-order valence-electron chi connectivity index (χ2n) is 8.09. The van der Waals surface area contributed by atoms with Crippen molar-refractivity contribution in [2.45, 2.75) is 98.0 Å². The van der Waals surface area contributed by atoms with Crippen molar-refractivity contribution < 1.29 is 0 Å². The second-order valence-corrected chi connectivity index (χ2v) is 14.5. The fourth-order valence-corrected chi connectivity index (χ4v) is 11.4. The maximum atomic E-state index is 2.47. The van der Waals surface area contributed by atoms with Crippen molar-refractivity contribution in [2.24, 2.45) is 0 Å². The van der Waals surface area contributed by atoms with Crippen LogP contribution in [0.2, 0.25) is 0 Å². The van der Waals surface area contributed by atoms with E-state index in [2.05, 4.69) is 59.2 Å². The molecule has 0 radical (unpaired) electrons. The molecule has 0 nitrogen and oxygen atoms in total. The van der Waals surface area contributed by atoms with Gasteiger partial charge in [-0.15, -0.1) is 47.0 Å². The van der Waals surface area contributed by atoms with Gasteiger partial charge in [0.15, 0.2) is 0 Å². The molecule has 4 heteroatoms. The van der Waals surface area contributed by atoms with E-state index in [1.54, 1.807) is 0 Å². The third kappa shape index (κ3) is 7.19. The van der Waals surface area contributed by atoms with Gasteiger partial charge in [0.05, 0.1) is 8.16 Å². The van der Waals surface area contributed by atoms with Crippen LogP contribution in [0.1, 0.15) is 89.9 Å². The van der Waals surface area contributed by atoms with Crippen molar-refractivity contribution in [3.8, 4) is 0 Å². The molecule has 2 spiro atoms. The Morgan fingerprint density at radius 1 is 0.423 bits per heavy atom. The highest BCUT2D eigenvalue weighted by Gasteiger charge is 2.35. The van der Waals surface area contributed by atoms with Crippen LogP contribution >= 0.6 is 47.0 Å². The Morgan fingerprint density at radius 3 is 1.15 bits per heavy atom. The van der Waals surface area contributed by atoms with Crippen LogP contribution in [0.4, 0.5) is 0 Å². The zero-order valence-corrected chi connectivity index (χ0v) is 19.8. The lowest BCUT2D eigenvalue weighted by Gasteiger charge is -2.38. The van der Waals surface area contributed by atoms with Crippen molar-refractivity contribution in [2.75, 3.05) is 23.0 Å². The molecular formula is C22H38S4. The average Bonchev–Trinajstić information content (AvgIpc) is 2.68. The molecule has 26 heavy (non-hydrogen) atoms. The summed E-state index contributed by atoms with van der Waals surface area (Å²) in [6.45, 7) is 0. The van der Waals surface area contributed by atoms with Crippen LogP contribution < -0.4 is 0 Å². The average molecular weight is 431 g/mol. The molecule has 2 fully saturated rings. The van der Waals surface area contributed by atoms with Crippen LogP contribution in [0.5, 0.6) is 0 Å². The molecule has 0 aromatic heterocycles. The van der Waals surface area contributed by atoms with Gasteiger partial charge in [-0.1, -0.05) is 37.8 Å². The van der Waals surface area contributed by atoms with Gasteiger partial charge in [-0.3, -0.25) is 0 Å². The summed E-state index contributed by atoms with van der Waals surface area (Å²) in [5.41, 5.74) is 0. The Balaban J connectivity index is 1.58. The molecule has 2 aliphatic heterocycles. The summed E-state index contributed by atoms with van der Waals surface area (Å²) in [6, 6.07) is 0. The van der Waals surface area contributed by atoms with Crippen LogP contribution in [0.25, 0.3) is 0 Å². The largest absolute Gasteiger partial charge is 0.144 e. The molecule has 3 aliphatic rings. The number of allylic oxidation sites excluding steroid dienone is 2. The predicted octanol–water partition coefficient (Wildman–Crippen LogP) is 8.37. The first-order chi connectivity index (χ1) is 12.8. The first-order valence-corrected chi connectivity index (χ1v) is 15.0. The highest BCUT2D eigenvalue weighted by molar-refractivity contribution is 8.19. The van der Waals surface area contributed by atoms with Crippen molar-refractivity contribution in [1.29, 1.82) is 0 Å². The maximum Gasteiger partial charge on any atom is 0.0611 e. The van der Waals surface area contributed by atoms with Crippen LogP contribution in [0, 0.1) is 0 Å². The molecule has 2 heterocycles. The van der Waals surface area contributed by atoms with Crippen molar-refractivity contribution in [1.82, 2.24) is 0 Å². The number of hydrogen-bond acceptors (Lipinski definition) is 4. The lowest BCUT2D eigenvalue weighted by Crippen LogP contribution is -2.27. The summed E-state index contributed by atoms with van der Waals surface area (Å²) in [4.78, 5) is 0. The molecule has 0 unspecified atom stereocenters. The molecule has 1 aliphatic carbocycles. The fourth-order valence-electron chi connectivity index (χ4n) is 4.40. The van der Waals surface area contributed by atoms with E-state index in [0.717, 1.165) is 0 Å². The number of thioether (sulfide) groups is 4. The Kier molecular flexibility index (Phi) is 10.1. The minimum atomic E-state index is 0.568. The summed E-state index contributed by atoms with van der Waals surface area (Å²) in [6.07, 6.45) is 24.8. The minimum absolute atomic E-state index is 0.568. The van der Waals surface area contributed by atoms with Gasteiger partial charge in [0.25, 0.3) is 0 Å². The van der Waals surface area contributed by atoms with Gasteiger partial charge in [-0.2, -0.15) is 0 Å². The smallest absolute Gasteiger partial charge is 0.0611 e. The monoisotopic (exact) mass is 430 g/mol. The van der Waals surface area contributed by atoms with Crippen LogP contribution in [-0.2, 0) is 0 Å². The van der Waals surface area contributed by atoms with Gasteiger partial charge in [0.2, 0.25) is 0 Å². The van der Waals surface area contributed by atoms with Gasteiger partial charge in [0, 0.05) is 0 Å². The van der Waals surface area contributed by atoms with Crippen LogP contribution in [0.15, 0.2) is 12.2 Å². The normalized spacial score (nSPS) is 30.2. The molecule has 0 N–H and O–H groups in total. The van der Waals surface area contributed by atoms with E-state index in [1.165, 1.54) is 113 Å². The van der Waals surface area contributed by atoms with Gasteiger partial charge >= 0.3 is 0 Å². The topological polar surface area (TPSA) is 0 Å². The van der Waals surface area contributed by atoms with Crippen molar-refractivity contribution >= 4 is 47.0 Å². The zero-order valence-electron chi connectivity index (χ0n) is 16.5. The van der Waals surface area contributed by atoms with E-state index in [1.807, 2.05) is 0 Å². The lowest BCUT2D eigenvalue weighted by molar-refractivity contribution is 0.522. The summed E-state index contributed by atoms with van der Waals surface area (Å²) in [5.74, 6) is 5.62. The molecule has 0 atom stereocenters. The Hall–Kier alpha value is 1.14. The summed E-state index contributed by atoms with van der Waals surface area (Å²) >= 11 is 9.26. The molecule has 0 saturated carbocycles. The standard InChI is InChI=1S/C22H38S4/c1-2-4-6-8-14-22(25-19-12-20-26-22)16-10-9-15-21(13-7-5-3-1)23-17-11-18-24-21/h1-2H,3-20H2/b2-1+. The molecule has 3 rings (SSSR count). The SMILES string of the molecule is C1=C/CCCCC2(CCCCC3(CCCC/1)SCCCS3)SCCCS2. The first-order valence-electron chi connectivity index (χ1n) is 11.0. The highest BCUT2D eigenvalue weighted by Crippen LogP contribution is 2.51.